The van der Waals surface area contributed by atoms with Crippen LogP contribution in [-0.4, -0.2) is 35.9 Å². The minimum atomic E-state index is -0.591. The van der Waals surface area contributed by atoms with Crippen molar-refractivity contribution in [2.24, 2.45) is 0 Å². The lowest BCUT2D eigenvalue weighted by Gasteiger charge is -2.31. The lowest BCUT2D eigenvalue weighted by molar-refractivity contribution is -0.143. The van der Waals surface area contributed by atoms with Crippen molar-refractivity contribution in [3.8, 4) is 5.75 Å². The van der Waals surface area contributed by atoms with Crippen LogP contribution in [0.5, 0.6) is 5.75 Å². The van der Waals surface area contributed by atoms with E-state index < -0.39 is 6.04 Å². The molecule has 0 aliphatic rings. The fraction of sp³-hybridized carbons (Fsp3) is 0.417. The predicted octanol–water partition coefficient (Wildman–Crippen LogP) is 4.75. The molecule has 2 rings (SSSR count). The van der Waals surface area contributed by atoms with Gasteiger partial charge in [-0.1, -0.05) is 62.2 Å². The van der Waals surface area contributed by atoms with Gasteiger partial charge in [-0.3, -0.25) is 9.59 Å². The third-order valence-corrected chi connectivity index (χ3v) is 5.23. The third-order valence-electron chi connectivity index (χ3n) is 4.87. The van der Waals surface area contributed by atoms with Gasteiger partial charge in [0.1, 0.15) is 11.8 Å². The number of carbonyl (C=O) groups is 2. The molecule has 5 nitrogen and oxygen atoms in total. The molecule has 2 amide bonds. The average molecular weight is 431 g/mol. The molecule has 0 radical (unpaired) electrons. The van der Waals surface area contributed by atoms with Gasteiger partial charge in [-0.05, 0) is 49.1 Å². The number of nitrogens with one attached hydrogen (secondary N) is 1. The summed E-state index contributed by atoms with van der Waals surface area (Å²) in [5.74, 6) is 0.220. The number of rotatable bonds is 11. The van der Waals surface area contributed by atoms with Crippen molar-refractivity contribution in [3.63, 3.8) is 0 Å². The van der Waals surface area contributed by atoms with Crippen molar-refractivity contribution < 1.29 is 14.3 Å². The first-order valence-electron chi connectivity index (χ1n) is 10.5. The van der Waals surface area contributed by atoms with E-state index in [-0.39, 0.29) is 25.0 Å². The smallest absolute Gasteiger partial charge is 0.261 e. The maximum atomic E-state index is 13.1. The van der Waals surface area contributed by atoms with Crippen molar-refractivity contribution in [2.75, 3.05) is 13.2 Å². The summed E-state index contributed by atoms with van der Waals surface area (Å²) in [7, 11) is 0. The van der Waals surface area contributed by atoms with Crippen LogP contribution in [-0.2, 0) is 16.1 Å². The monoisotopic (exact) mass is 430 g/mol. The Morgan fingerprint density at radius 3 is 2.57 bits per heavy atom. The van der Waals surface area contributed by atoms with E-state index in [9.17, 15) is 9.59 Å². The molecule has 0 fully saturated rings. The number of hydrogen-bond acceptors (Lipinski definition) is 3. The van der Waals surface area contributed by atoms with Crippen molar-refractivity contribution in [1.82, 2.24) is 10.2 Å². The lowest BCUT2D eigenvalue weighted by Crippen LogP contribution is -2.50. The largest absolute Gasteiger partial charge is 0.484 e. The van der Waals surface area contributed by atoms with Crippen LogP contribution in [0.25, 0.3) is 0 Å². The van der Waals surface area contributed by atoms with E-state index in [0.717, 1.165) is 24.0 Å². The zero-order chi connectivity index (χ0) is 21.9. The van der Waals surface area contributed by atoms with Crippen molar-refractivity contribution >= 4 is 23.4 Å². The summed E-state index contributed by atoms with van der Waals surface area (Å²) in [6.45, 7) is 6.63. The number of unbranched alkanes of at least 4 members (excludes halogenated alkanes) is 1. The molecule has 0 saturated heterocycles. The highest BCUT2D eigenvalue weighted by Crippen LogP contribution is 2.20. The molecule has 0 bridgehead atoms. The van der Waals surface area contributed by atoms with E-state index >= 15 is 0 Å². The molecular weight excluding hydrogens is 400 g/mol. The molecule has 2 aromatic carbocycles. The van der Waals surface area contributed by atoms with Gasteiger partial charge >= 0.3 is 0 Å². The molecule has 0 aliphatic heterocycles. The van der Waals surface area contributed by atoms with Crippen LogP contribution >= 0.6 is 11.6 Å². The fourth-order valence-electron chi connectivity index (χ4n) is 3.17. The first-order valence-corrected chi connectivity index (χ1v) is 10.8. The summed E-state index contributed by atoms with van der Waals surface area (Å²) in [6, 6.07) is 14.3. The minimum Gasteiger partial charge on any atom is -0.484 e. The van der Waals surface area contributed by atoms with Crippen molar-refractivity contribution in [1.29, 1.82) is 0 Å². The Labute approximate surface area is 184 Å². The van der Waals surface area contributed by atoms with Gasteiger partial charge in [0.2, 0.25) is 5.91 Å². The number of benzene rings is 2. The molecule has 162 valence electrons. The van der Waals surface area contributed by atoms with E-state index in [1.807, 2.05) is 56.3 Å². The van der Waals surface area contributed by atoms with Crippen molar-refractivity contribution in [2.45, 2.75) is 52.6 Å². The van der Waals surface area contributed by atoms with E-state index in [0.29, 0.717) is 23.7 Å². The second-order valence-corrected chi connectivity index (χ2v) is 7.69. The molecule has 0 saturated carbocycles. The van der Waals surface area contributed by atoms with Crippen LogP contribution in [0, 0.1) is 6.92 Å². The molecule has 0 spiro atoms. The quantitative estimate of drug-likeness (QED) is 0.523. The fourth-order valence-corrected chi connectivity index (χ4v) is 3.36. The maximum absolute atomic E-state index is 13.1. The van der Waals surface area contributed by atoms with Gasteiger partial charge in [-0.25, -0.2) is 0 Å². The minimum absolute atomic E-state index is 0.146. The number of ether oxygens (including phenoxy) is 1. The number of halogens is 1. The van der Waals surface area contributed by atoms with E-state index in [1.165, 1.54) is 0 Å². The number of aryl methyl sites for hydroxylation is 1. The van der Waals surface area contributed by atoms with Gasteiger partial charge in [0.25, 0.3) is 5.91 Å². The highest BCUT2D eigenvalue weighted by atomic mass is 35.5. The van der Waals surface area contributed by atoms with Gasteiger partial charge in [-0.15, -0.1) is 0 Å². The van der Waals surface area contributed by atoms with Crippen LogP contribution in [0.4, 0.5) is 0 Å². The Morgan fingerprint density at radius 2 is 1.90 bits per heavy atom. The Hall–Kier alpha value is -2.53. The number of carbonyl (C=O) groups excluding carboxylic acids is 2. The maximum Gasteiger partial charge on any atom is 0.261 e. The molecule has 1 atom stereocenters. The Morgan fingerprint density at radius 1 is 1.13 bits per heavy atom. The molecule has 0 unspecified atom stereocenters. The number of hydrogen-bond donors (Lipinski definition) is 1. The number of amides is 2. The van der Waals surface area contributed by atoms with Gasteiger partial charge < -0.3 is 15.0 Å². The van der Waals surface area contributed by atoms with Crippen LogP contribution in [0.1, 0.15) is 44.2 Å². The number of nitrogens with zero attached hydrogens (tertiary/aromatic N) is 1. The first kappa shape index (κ1) is 23.7. The van der Waals surface area contributed by atoms with Crippen LogP contribution < -0.4 is 10.1 Å². The Bertz CT molecular complexity index is 841. The van der Waals surface area contributed by atoms with Crippen LogP contribution in [0.15, 0.2) is 48.5 Å². The van der Waals surface area contributed by atoms with Gasteiger partial charge in [0, 0.05) is 18.1 Å². The molecule has 2 aromatic rings. The average Bonchev–Trinajstić information content (AvgIpc) is 2.73. The first-order chi connectivity index (χ1) is 14.5. The van der Waals surface area contributed by atoms with E-state index in [1.54, 1.807) is 11.0 Å². The van der Waals surface area contributed by atoms with E-state index in [4.69, 9.17) is 16.3 Å². The highest BCUT2D eigenvalue weighted by molar-refractivity contribution is 6.31. The summed E-state index contributed by atoms with van der Waals surface area (Å²) >= 11 is 6.32. The van der Waals surface area contributed by atoms with Gasteiger partial charge in [-0.2, -0.15) is 0 Å². The summed E-state index contributed by atoms with van der Waals surface area (Å²) in [6.07, 6.45) is 2.39. The zero-order valence-electron chi connectivity index (χ0n) is 18.0. The molecule has 6 heteroatoms. The Balaban J connectivity index is 2.19. The van der Waals surface area contributed by atoms with Crippen molar-refractivity contribution in [3.05, 3.63) is 64.7 Å². The highest BCUT2D eigenvalue weighted by Gasteiger charge is 2.29. The predicted molar refractivity (Wildman–Crippen MR) is 121 cm³/mol. The lowest BCUT2D eigenvalue weighted by atomic mass is 10.1. The molecule has 0 aromatic heterocycles. The molecule has 30 heavy (non-hydrogen) atoms. The topological polar surface area (TPSA) is 58.6 Å². The second kappa shape index (κ2) is 12.2. The van der Waals surface area contributed by atoms with E-state index in [2.05, 4.69) is 12.2 Å². The zero-order valence-corrected chi connectivity index (χ0v) is 18.7. The normalized spacial score (nSPS) is 11.6. The molecule has 1 N–H and O–H groups in total. The van der Waals surface area contributed by atoms with Gasteiger partial charge in [0.15, 0.2) is 6.61 Å². The molecule has 0 heterocycles. The Kier molecular flexibility index (Phi) is 9.68. The van der Waals surface area contributed by atoms with Crippen LogP contribution in [0.2, 0.25) is 5.02 Å². The van der Waals surface area contributed by atoms with Gasteiger partial charge in [0.05, 0.1) is 0 Å². The third kappa shape index (κ3) is 7.06. The summed E-state index contributed by atoms with van der Waals surface area (Å²) < 4.78 is 5.71. The molecular formula is C24H31ClN2O3. The standard InChI is InChI=1S/C24H31ClN2O3/c1-4-6-14-26-24(29)22(5-2)27(16-19-11-7-8-13-21(19)25)23(28)17-30-20-12-9-10-18(3)15-20/h7-13,15,22H,4-6,14,16-17H2,1-3H3,(H,26,29)/t22-/m1/s1. The van der Waals surface area contributed by atoms with Crippen LogP contribution in [0.3, 0.4) is 0 Å². The summed E-state index contributed by atoms with van der Waals surface area (Å²) in [4.78, 5) is 27.5. The summed E-state index contributed by atoms with van der Waals surface area (Å²) in [5, 5.41) is 3.51. The summed E-state index contributed by atoms with van der Waals surface area (Å²) in [5.41, 5.74) is 1.84. The molecule has 0 aliphatic carbocycles. The second-order valence-electron chi connectivity index (χ2n) is 7.29. The SMILES string of the molecule is CCCCNC(=O)[C@@H](CC)N(Cc1ccccc1Cl)C(=O)COc1cccc(C)c1.